The minimum atomic E-state index is -0.456. The number of rotatable bonds is 7. The van der Waals surface area contributed by atoms with E-state index in [0.717, 1.165) is 35.8 Å². The van der Waals surface area contributed by atoms with Crippen LogP contribution >= 0.6 is 23.3 Å². The molecule has 1 heterocycles. The number of aromatic nitrogens is 2. The average Bonchev–Trinajstić information content (AvgIpc) is 2.91. The number of nitrogens with two attached hydrogens (primary N) is 1. The number of nitrogens with one attached hydrogen (secondary N) is 1. The summed E-state index contributed by atoms with van der Waals surface area (Å²) in [6, 6.07) is 0.513. The maximum atomic E-state index is 12.0. The van der Waals surface area contributed by atoms with Gasteiger partial charge in [0, 0.05) is 11.8 Å². The molecule has 2 saturated carbocycles. The van der Waals surface area contributed by atoms with Gasteiger partial charge >= 0.3 is 0 Å². The number of hydrogen-bond donors (Lipinski definition) is 2. The maximum absolute atomic E-state index is 12.0. The van der Waals surface area contributed by atoms with Crippen LogP contribution in [0.3, 0.4) is 0 Å². The monoisotopic (exact) mass is 312 g/mol. The molecule has 0 radical (unpaired) electrons. The first-order chi connectivity index (χ1) is 9.71. The zero-order valence-corrected chi connectivity index (χ0v) is 13.0. The van der Waals surface area contributed by atoms with Crippen molar-refractivity contribution in [1.82, 2.24) is 14.7 Å². The Bertz CT molecular complexity index is 463. The van der Waals surface area contributed by atoms with Crippen molar-refractivity contribution in [3.63, 3.8) is 0 Å². The highest BCUT2D eigenvalue weighted by atomic mass is 32.2. The van der Waals surface area contributed by atoms with Crippen molar-refractivity contribution in [2.24, 2.45) is 11.7 Å². The molecule has 0 aromatic carbocycles. The molecule has 3 N–H and O–H groups in total. The van der Waals surface area contributed by atoms with Crippen molar-refractivity contribution >= 4 is 29.2 Å². The summed E-state index contributed by atoms with van der Waals surface area (Å²) >= 11 is 3.15. The Labute approximate surface area is 127 Å². The molecule has 1 aromatic rings. The Morgan fingerprint density at radius 3 is 3.05 bits per heavy atom. The molecule has 20 heavy (non-hydrogen) atoms. The van der Waals surface area contributed by atoms with Gasteiger partial charge < -0.3 is 11.1 Å². The van der Waals surface area contributed by atoms with Gasteiger partial charge in [0.1, 0.15) is 11.9 Å². The molecule has 110 valence electrons. The van der Waals surface area contributed by atoms with Gasteiger partial charge in [-0.05, 0) is 49.6 Å². The van der Waals surface area contributed by atoms with Crippen LogP contribution in [0.15, 0.2) is 10.7 Å². The highest BCUT2D eigenvalue weighted by molar-refractivity contribution is 8.00. The first kappa shape index (κ1) is 14.3. The molecule has 2 atom stereocenters. The van der Waals surface area contributed by atoms with E-state index in [1.807, 2.05) is 0 Å². The Morgan fingerprint density at radius 2 is 2.40 bits per heavy atom. The molecule has 3 rings (SSSR count). The van der Waals surface area contributed by atoms with Gasteiger partial charge in [-0.1, -0.05) is 18.2 Å². The maximum Gasteiger partial charge on any atom is 0.238 e. The summed E-state index contributed by atoms with van der Waals surface area (Å²) in [5.74, 6) is 1.18. The van der Waals surface area contributed by atoms with Gasteiger partial charge in [0.2, 0.25) is 5.91 Å². The van der Waals surface area contributed by atoms with E-state index >= 15 is 0 Å². The lowest BCUT2D eigenvalue weighted by Gasteiger charge is -2.34. The van der Waals surface area contributed by atoms with E-state index < -0.39 is 5.54 Å². The van der Waals surface area contributed by atoms with Crippen LogP contribution in [0, 0.1) is 5.92 Å². The normalized spacial score (nSPS) is 29.7. The van der Waals surface area contributed by atoms with Gasteiger partial charge in [0.05, 0.1) is 0 Å². The van der Waals surface area contributed by atoms with E-state index in [1.54, 1.807) is 18.1 Å². The highest BCUT2D eigenvalue weighted by Crippen LogP contribution is 2.41. The second-order valence-corrected chi connectivity index (χ2v) is 7.81. The fourth-order valence-electron chi connectivity index (χ4n) is 3.16. The summed E-state index contributed by atoms with van der Waals surface area (Å²) in [6.45, 7) is 0. The first-order valence-corrected chi connectivity index (χ1v) is 8.94. The van der Waals surface area contributed by atoms with E-state index in [1.165, 1.54) is 24.4 Å². The average molecular weight is 312 g/mol. The van der Waals surface area contributed by atoms with Gasteiger partial charge in [-0.2, -0.15) is 4.37 Å². The van der Waals surface area contributed by atoms with Crippen molar-refractivity contribution < 1.29 is 4.79 Å². The number of carbonyl (C=O) groups excluding carboxylic acids is 1. The summed E-state index contributed by atoms with van der Waals surface area (Å²) in [5, 5.41) is 3.55. The Kier molecular flexibility index (Phi) is 4.28. The van der Waals surface area contributed by atoms with Crippen LogP contribution in [-0.2, 0) is 4.79 Å². The van der Waals surface area contributed by atoms with E-state index in [-0.39, 0.29) is 5.91 Å². The van der Waals surface area contributed by atoms with Crippen LogP contribution in [0.1, 0.15) is 38.5 Å². The Morgan fingerprint density at radius 1 is 1.55 bits per heavy atom. The van der Waals surface area contributed by atoms with Crippen molar-refractivity contribution in [1.29, 1.82) is 0 Å². The van der Waals surface area contributed by atoms with Crippen LogP contribution in [0.2, 0.25) is 0 Å². The molecule has 0 spiro atoms. The fraction of sp³-hybridized carbons (Fsp3) is 0.769. The molecule has 1 aromatic heterocycles. The molecule has 1 amide bonds. The van der Waals surface area contributed by atoms with Gasteiger partial charge in [0.25, 0.3) is 0 Å². The van der Waals surface area contributed by atoms with Crippen molar-refractivity contribution in [3.8, 4) is 0 Å². The lowest BCUT2D eigenvalue weighted by Crippen LogP contribution is -2.58. The number of thioether (sulfide) groups is 1. The van der Waals surface area contributed by atoms with Gasteiger partial charge in [-0.3, -0.25) is 4.79 Å². The molecule has 2 unspecified atom stereocenters. The standard InChI is InChI=1S/C13H20N4OS2/c14-11(18)13(17-10-3-4-10)6-1-2-9(13)5-7-19-12-15-8-16-20-12/h8-10,17H,1-7H2,(H2,14,18). The van der Waals surface area contributed by atoms with Crippen molar-refractivity contribution in [2.45, 2.75) is 54.4 Å². The molecule has 0 saturated heterocycles. The topological polar surface area (TPSA) is 80.9 Å². The third-order valence-electron chi connectivity index (χ3n) is 4.33. The summed E-state index contributed by atoms with van der Waals surface area (Å²) in [5.41, 5.74) is 5.28. The number of nitrogens with zero attached hydrogens (tertiary/aromatic N) is 2. The first-order valence-electron chi connectivity index (χ1n) is 7.18. The largest absolute Gasteiger partial charge is 0.368 e. The van der Waals surface area contributed by atoms with E-state index in [9.17, 15) is 4.79 Å². The highest BCUT2D eigenvalue weighted by Gasteiger charge is 2.49. The lowest BCUT2D eigenvalue weighted by atomic mass is 9.84. The predicted octanol–water partition coefficient (Wildman–Crippen LogP) is 1.80. The minimum absolute atomic E-state index is 0.159. The van der Waals surface area contributed by atoms with Gasteiger partial charge in [-0.25, -0.2) is 4.98 Å². The predicted molar refractivity (Wildman–Crippen MR) is 80.7 cm³/mol. The van der Waals surface area contributed by atoms with E-state index in [0.29, 0.717) is 12.0 Å². The smallest absolute Gasteiger partial charge is 0.238 e. The molecule has 2 fully saturated rings. The van der Waals surface area contributed by atoms with Crippen LogP contribution in [-0.4, -0.2) is 32.6 Å². The zero-order valence-electron chi connectivity index (χ0n) is 11.4. The molecule has 5 nitrogen and oxygen atoms in total. The van der Waals surface area contributed by atoms with Gasteiger partial charge in [-0.15, -0.1) is 0 Å². The van der Waals surface area contributed by atoms with Crippen LogP contribution in [0.25, 0.3) is 0 Å². The third-order valence-corrected chi connectivity index (χ3v) is 6.16. The second kappa shape index (κ2) is 5.99. The van der Waals surface area contributed by atoms with E-state index in [2.05, 4.69) is 14.7 Å². The Balaban J connectivity index is 1.59. The van der Waals surface area contributed by atoms with Crippen LogP contribution in [0.4, 0.5) is 0 Å². The zero-order chi connectivity index (χ0) is 14.0. The van der Waals surface area contributed by atoms with Crippen LogP contribution in [0.5, 0.6) is 0 Å². The van der Waals surface area contributed by atoms with Crippen molar-refractivity contribution in [3.05, 3.63) is 6.33 Å². The molecule has 0 bridgehead atoms. The quantitative estimate of drug-likeness (QED) is 0.750. The Hall–Kier alpha value is -0.660. The molecule has 2 aliphatic rings. The summed E-state index contributed by atoms with van der Waals surface area (Å²) in [4.78, 5) is 16.2. The molecular weight excluding hydrogens is 292 g/mol. The molecular formula is C13H20N4OS2. The van der Waals surface area contributed by atoms with Crippen molar-refractivity contribution in [2.75, 3.05) is 5.75 Å². The van der Waals surface area contributed by atoms with E-state index in [4.69, 9.17) is 5.73 Å². The summed E-state index contributed by atoms with van der Waals surface area (Å²) in [7, 11) is 0. The third kappa shape index (κ3) is 2.99. The number of amides is 1. The molecule has 2 aliphatic carbocycles. The number of primary amides is 1. The summed E-state index contributed by atoms with van der Waals surface area (Å²) in [6.07, 6.45) is 8.05. The lowest BCUT2D eigenvalue weighted by molar-refractivity contribution is -0.126. The minimum Gasteiger partial charge on any atom is -0.368 e. The second-order valence-electron chi connectivity index (χ2n) is 5.69. The number of carbonyl (C=O) groups is 1. The number of hydrogen-bond acceptors (Lipinski definition) is 6. The fourth-order valence-corrected chi connectivity index (χ4v) is 4.73. The molecule has 7 heteroatoms. The van der Waals surface area contributed by atoms with Crippen LogP contribution < -0.4 is 11.1 Å². The molecule has 0 aliphatic heterocycles. The van der Waals surface area contributed by atoms with Gasteiger partial charge in [0.15, 0.2) is 4.34 Å². The summed E-state index contributed by atoms with van der Waals surface area (Å²) < 4.78 is 5.00. The SMILES string of the molecule is NC(=O)C1(NC2CC2)CCCC1CCSc1ncns1.